The van der Waals surface area contributed by atoms with Gasteiger partial charge in [0.15, 0.2) is 17.5 Å². The predicted molar refractivity (Wildman–Crippen MR) is 254 cm³/mol. The van der Waals surface area contributed by atoms with E-state index in [1.807, 2.05) is 72.8 Å². The number of fused-ring (bicyclic) bond motifs is 9. The van der Waals surface area contributed by atoms with Crippen LogP contribution in [0.25, 0.3) is 133 Å². The first-order valence-corrected chi connectivity index (χ1v) is 21.0. The lowest BCUT2D eigenvalue weighted by Crippen LogP contribution is -2.00. The molecule has 13 rings (SSSR count). The molecule has 0 aliphatic heterocycles. The standard InChI is InChI=1S/C57H33N3O3/c1-3-11-34(12-4-1)35-21-23-37(24-22-35)56-58-55(36-13-5-2-6-14-36)59-57(60-56)44-17-10-20-51-54(44)46-32-40(27-30-49(46)62-51)41-16-9-19-50-53(41)45-31-38(26-29-48(45)61-50)39-25-28-43-42-15-7-8-18-47(42)63-52(43)33-39/h1-33H. The molecule has 0 saturated heterocycles. The summed E-state index contributed by atoms with van der Waals surface area (Å²) in [5, 5.41) is 6.24. The lowest BCUT2D eigenvalue weighted by atomic mass is 9.95. The van der Waals surface area contributed by atoms with Gasteiger partial charge in [0.1, 0.15) is 33.5 Å². The lowest BCUT2D eigenvalue weighted by Gasteiger charge is -2.10. The summed E-state index contributed by atoms with van der Waals surface area (Å²) in [5.41, 5.74) is 14.2. The van der Waals surface area contributed by atoms with Gasteiger partial charge in [-0.15, -0.1) is 0 Å². The number of furan rings is 3. The van der Waals surface area contributed by atoms with Crippen LogP contribution in [0.2, 0.25) is 0 Å². The predicted octanol–water partition coefficient (Wildman–Crippen LogP) is 15.6. The van der Waals surface area contributed by atoms with Crippen LogP contribution in [0.5, 0.6) is 0 Å². The van der Waals surface area contributed by atoms with Crippen LogP contribution in [0.3, 0.4) is 0 Å². The van der Waals surface area contributed by atoms with E-state index < -0.39 is 0 Å². The second kappa shape index (κ2) is 14.0. The molecule has 0 saturated carbocycles. The molecule has 0 amide bonds. The Morgan fingerprint density at radius 1 is 0.238 bits per heavy atom. The highest BCUT2D eigenvalue weighted by Crippen LogP contribution is 2.43. The van der Waals surface area contributed by atoms with Gasteiger partial charge in [-0.25, -0.2) is 15.0 Å². The van der Waals surface area contributed by atoms with Crippen LogP contribution in [-0.4, -0.2) is 15.0 Å². The van der Waals surface area contributed by atoms with E-state index in [1.165, 1.54) is 0 Å². The normalized spacial score (nSPS) is 11.8. The van der Waals surface area contributed by atoms with Gasteiger partial charge >= 0.3 is 0 Å². The first kappa shape index (κ1) is 35.2. The highest BCUT2D eigenvalue weighted by molar-refractivity contribution is 6.16. The third-order valence-corrected chi connectivity index (χ3v) is 12.2. The van der Waals surface area contributed by atoms with Gasteiger partial charge in [-0.3, -0.25) is 0 Å². The van der Waals surface area contributed by atoms with Crippen molar-refractivity contribution in [2.75, 3.05) is 0 Å². The van der Waals surface area contributed by atoms with Crippen molar-refractivity contribution in [2.24, 2.45) is 0 Å². The van der Waals surface area contributed by atoms with Gasteiger partial charge in [-0.1, -0.05) is 146 Å². The van der Waals surface area contributed by atoms with Crippen molar-refractivity contribution in [3.8, 4) is 67.5 Å². The van der Waals surface area contributed by atoms with Crippen molar-refractivity contribution in [1.82, 2.24) is 15.0 Å². The second-order valence-corrected chi connectivity index (χ2v) is 15.9. The molecule has 0 atom stereocenters. The minimum absolute atomic E-state index is 0.570. The summed E-state index contributed by atoms with van der Waals surface area (Å²) in [4.78, 5) is 15.3. The smallest absolute Gasteiger partial charge is 0.164 e. The molecule has 13 aromatic rings. The number of benzene rings is 9. The number of rotatable bonds is 6. The maximum Gasteiger partial charge on any atom is 0.164 e. The van der Waals surface area contributed by atoms with Crippen LogP contribution < -0.4 is 0 Å². The molecule has 294 valence electrons. The fourth-order valence-electron chi connectivity index (χ4n) is 9.12. The van der Waals surface area contributed by atoms with Gasteiger partial charge in [-0.2, -0.15) is 0 Å². The number of aromatic nitrogens is 3. The van der Waals surface area contributed by atoms with Gasteiger partial charge in [0.2, 0.25) is 0 Å². The summed E-state index contributed by atoms with van der Waals surface area (Å²) in [5.74, 6) is 1.77. The maximum atomic E-state index is 6.55. The molecule has 6 nitrogen and oxygen atoms in total. The van der Waals surface area contributed by atoms with Crippen molar-refractivity contribution < 1.29 is 13.3 Å². The molecule has 63 heavy (non-hydrogen) atoms. The fourth-order valence-corrected chi connectivity index (χ4v) is 9.12. The summed E-state index contributed by atoms with van der Waals surface area (Å²) in [6, 6.07) is 68.7. The van der Waals surface area contributed by atoms with Crippen molar-refractivity contribution in [1.29, 1.82) is 0 Å². The molecule has 0 aliphatic rings. The molecule has 0 aliphatic carbocycles. The van der Waals surface area contributed by atoms with Crippen LogP contribution in [0.4, 0.5) is 0 Å². The SMILES string of the molecule is c1ccc(-c2ccc(-c3nc(-c4ccccc4)nc(-c4cccc5oc6ccc(-c7cccc8oc9ccc(-c%10ccc%11c(c%10)oc%10ccccc%10%11)cc9c78)cc6c45)n3)cc2)cc1. The molecule has 0 N–H and O–H groups in total. The van der Waals surface area contributed by atoms with Gasteiger partial charge in [0.25, 0.3) is 0 Å². The Labute approximate surface area is 360 Å². The minimum atomic E-state index is 0.570. The maximum absolute atomic E-state index is 6.55. The Balaban J connectivity index is 0.951. The molecular formula is C57H33N3O3. The average Bonchev–Trinajstić information content (AvgIpc) is 4.05. The zero-order valence-corrected chi connectivity index (χ0v) is 33.6. The van der Waals surface area contributed by atoms with Crippen LogP contribution >= 0.6 is 0 Å². The highest BCUT2D eigenvalue weighted by Gasteiger charge is 2.20. The van der Waals surface area contributed by atoms with Gasteiger partial charge in [0, 0.05) is 49.0 Å². The van der Waals surface area contributed by atoms with Crippen molar-refractivity contribution in [3.63, 3.8) is 0 Å². The van der Waals surface area contributed by atoms with Gasteiger partial charge in [-0.05, 0) is 88.0 Å². The average molecular weight is 808 g/mol. The third kappa shape index (κ3) is 5.84. The summed E-state index contributed by atoms with van der Waals surface area (Å²) < 4.78 is 19.3. The van der Waals surface area contributed by atoms with Crippen LogP contribution in [0.15, 0.2) is 213 Å². The van der Waals surface area contributed by atoms with Crippen LogP contribution in [0, 0.1) is 0 Å². The van der Waals surface area contributed by atoms with Gasteiger partial charge in [0.05, 0.1) is 0 Å². The zero-order valence-electron chi connectivity index (χ0n) is 33.6. The molecule has 4 aromatic heterocycles. The van der Waals surface area contributed by atoms with E-state index in [4.69, 9.17) is 28.2 Å². The molecule has 4 heterocycles. The molecule has 9 aromatic carbocycles. The van der Waals surface area contributed by atoms with Crippen LogP contribution in [0.1, 0.15) is 0 Å². The second-order valence-electron chi connectivity index (χ2n) is 15.9. The Bertz CT molecular complexity index is 3900. The topological polar surface area (TPSA) is 78.1 Å². The van der Waals surface area contributed by atoms with Crippen LogP contribution in [-0.2, 0) is 0 Å². The van der Waals surface area contributed by atoms with E-state index in [0.29, 0.717) is 17.5 Å². The molecule has 0 spiro atoms. The largest absolute Gasteiger partial charge is 0.456 e. The monoisotopic (exact) mass is 807 g/mol. The lowest BCUT2D eigenvalue weighted by molar-refractivity contribution is 0.668. The van der Waals surface area contributed by atoms with E-state index in [9.17, 15) is 0 Å². The van der Waals surface area contributed by atoms with E-state index in [1.54, 1.807) is 0 Å². The summed E-state index contributed by atoms with van der Waals surface area (Å²) >= 11 is 0. The number of hydrogen-bond donors (Lipinski definition) is 0. The molecule has 0 fully saturated rings. The van der Waals surface area contributed by atoms with Gasteiger partial charge < -0.3 is 13.3 Å². The Kier molecular flexibility index (Phi) is 7.80. The van der Waals surface area contributed by atoms with Crippen molar-refractivity contribution >= 4 is 65.8 Å². The van der Waals surface area contributed by atoms with E-state index >= 15 is 0 Å². The summed E-state index contributed by atoms with van der Waals surface area (Å²) in [6.07, 6.45) is 0. The first-order valence-electron chi connectivity index (χ1n) is 21.0. The highest BCUT2D eigenvalue weighted by atomic mass is 16.3. The molecule has 0 unspecified atom stereocenters. The quantitative estimate of drug-likeness (QED) is 0.166. The zero-order chi connectivity index (χ0) is 41.4. The summed E-state index contributed by atoms with van der Waals surface area (Å²) in [7, 11) is 0. The van der Waals surface area contributed by atoms with Crippen molar-refractivity contribution in [2.45, 2.75) is 0 Å². The molecule has 0 bridgehead atoms. The Morgan fingerprint density at radius 3 is 1.41 bits per heavy atom. The molecule has 6 heteroatoms. The van der Waals surface area contributed by atoms with E-state index in [0.717, 1.165) is 116 Å². The van der Waals surface area contributed by atoms with E-state index in [2.05, 4.69) is 127 Å². The number of nitrogens with zero attached hydrogens (tertiary/aromatic N) is 3. The Morgan fingerprint density at radius 2 is 0.683 bits per heavy atom. The number of para-hydroxylation sites is 1. The third-order valence-electron chi connectivity index (χ3n) is 12.2. The number of hydrogen-bond acceptors (Lipinski definition) is 6. The van der Waals surface area contributed by atoms with E-state index in [-0.39, 0.29) is 0 Å². The van der Waals surface area contributed by atoms with Crippen molar-refractivity contribution in [3.05, 3.63) is 200 Å². The fraction of sp³-hybridized carbons (Fsp3) is 0. The minimum Gasteiger partial charge on any atom is -0.456 e. The first-order chi connectivity index (χ1) is 31.2. The summed E-state index contributed by atoms with van der Waals surface area (Å²) in [6.45, 7) is 0. The Hall–Kier alpha value is -8.61. The molecular weight excluding hydrogens is 775 g/mol. The molecule has 0 radical (unpaired) electrons.